The Morgan fingerprint density at radius 3 is 0.909 bits per heavy atom. The molecule has 0 aromatic heterocycles. The number of fused-ring (bicyclic) bond motifs is 1. The number of carbonyl (C=O) groups is 2. The number of amides is 4. The highest BCUT2D eigenvalue weighted by molar-refractivity contribution is 5.82. The van der Waals surface area contributed by atoms with Gasteiger partial charge in [0.1, 0.15) is 19.6 Å². The molecule has 2 rings (SSSR count). The van der Waals surface area contributed by atoms with Crippen LogP contribution in [0.4, 0.5) is 9.59 Å². The molecular weight excluding hydrogens is 320 g/mol. The largest absolute Gasteiger partial charge is 0.446 e. The Kier molecular flexibility index (Phi) is 2.86. The second-order valence-electron chi connectivity index (χ2n) is 3.78. The maximum absolute atomic E-state index is 11.7. The second-order valence-corrected chi connectivity index (χ2v) is 3.78. The van der Waals surface area contributed by atoms with Crippen molar-refractivity contribution in [3.05, 3.63) is 19.6 Å². The number of hydrogen-bond donors (Lipinski definition) is 4. The SMILES string of the molecule is O=C1N([N+](=O)O)C2C(N1[N+](=O)O)N([N+](=O)O)C(=O)N2[N+](=O)O. The van der Waals surface area contributed by atoms with E-state index < -0.39 is 44.5 Å². The van der Waals surface area contributed by atoms with E-state index in [2.05, 4.69) is 0 Å². The third-order valence-electron chi connectivity index (χ3n) is 2.79. The van der Waals surface area contributed by atoms with Gasteiger partial charge in [-0.15, -0.1) is 0 Å². The standard InChI is InChI=1S/C4H6N8O10/c13-3-5(9(15)16)1-2(7(3)11(19)20)8(12(21)22)4(14)6(1)10(17)18/h1-2H,(H,15,16)(H,17,18)(H,19,20)(H,21,22)/q+4. The minimum Gasteiger partial charge on any atom is -0.236 e. The van der Waals surface area contributed by atoms with Gasteiger partial charge < -0.3 is 0 Å². The molecule has 18 heteroatoms. The summed E-state index contributed by atoms with van der Waals surface area (Å²) < 4.78 is 0. The predicted molar refractivity (Wildman–Crippen MR) is 47.4 cm³/mol. The van der Waals surface area contributed by atoms with Gasteiger partial charge in [0.25, 0.3) is 12.3 Å². The van der Waals surface area contributed by atoms with E-state index >= 15 is 0 Å². The lowest BCUT2D eigenvalue weighted by molar-refractivity contribution is -0.930. The van der Waals surface area contributed by atoms with Crippen molar-refractivity contribution in [2.24, 2.45) is 0 Å². The van der Waals surface area contributed by atoms with Crippen LogP contribution >= 0.6 is 0 Å². The van der Waals surface area contributed by atoms with Crippen LogP contribution in [0, 0.1) is 19.6 Å². The first-order valence-corrected chi connectivity index (χ1v) is 5.00. The van der Waals surface area contributed by atoms with Crippen LogP contribution in [0.15, 0.2) is 0 Å². The molecule has 4 amide bonds. The van der Waals surface area contributed by atoms with Gasteiger partial charge in [-0.3, -0.25) is 0 Å². The molecule has 0 atom stereocenters. The fourth-order valence-electron chi connectivity index (χ4n) is 2.07. The summed E-state index contributed by atoms with van der Waals surface area (Å²) in [5, 5.41) is 28.9. The molecule has 18 nitrogen and oxygen atoms in total. The van der Waals surface area contributed by atoms with Gasteiger partial charge in [0.2, 0.25) is 0 Å². The third-order valence-corrected chi connectivity index (χ3v) is 2.79. The molecule has 0 unspecified atom stereocenters. The topological polar surface area (TPSA) is 208 Å². The van der Waals surface area contributed by atoms with Crippen molar-refractivity contribution in [1.82, 2.24) is 20.0 Å². The van der Waals surface area contributed by atoms with Crippen molar-refractivity contribution in [1.29, 1.82) is 0 Å². The Labute approximate surface area is 116 Å². The number of rotatable bonds is 4. The summed E-state index contributed by atoms with van der Waals surface area (Å²) in [4.78, 5) is 67.3. The van der Waals surface area contributed by atoms with Gasteiger partial charge in [0.05, 0.1) is 0 Å². The van der Waals surface area contributed by atoms with Crippen molar-refractivity contribution < 1.29 is 50.5 Å². The molecule has 2 aliphatic rings. The lowest BCUT2D eigenvalue weighted by atomic mass is 10.4. The lowest BCUT2D eigenvalue weighted by Crippen LogP contribution is -2.53. The number of carbonyl (C=O) groups excluding carboxylic acids is 2. The van der Waals surface area contributed by atoms with E-state index in [1.54, 1.807) is 0 Å². The molecule has 2 heterocycles. The molecule has 0 aromatic rings. The normalized spacial score (nSPS) is 23.8. The molecule has 4 N–H and O–H groups in total. The molecule has 0 bridgehead atoms. The second kappa shape index (κ2) is 4.32. The van der Waals surface area contributed by atoms with E-state index in [1.165, 1.54) is 0 Å². The van der Waals surface area contributed by atoms with Crippen LogP contribution in [-0.4, -0.2) is 85.4 Å². The summed E-state index contributed by atoms with van der Waals surface area (Å²) in [6.45, 7) is 0. The van der Waals surface area contributed by atoms with Crippen LogP contribution in [0.1, 0.15) is 0 Å². The van der Waals surface area contributed by atoms with Crippen molar-refractivity contribution in [3.8, 4) is 0 Å². The maximum Gasteiger partial charge on any atom is 0.446 e. The molecular formula is C4H6N8O10+4. The van der Waals surface area contributed by atoms with Crippen LogP contribution in [0.5, 0.6) is 0 Å². The third kappa shape index (κ3) is 1.60. The average Bonchev–Trinajstić information content (AvgIpc) is 2.76. The van der Waals surface area contributed by atoms with Crippen LogP contribution < -0.4 is 0 Å². The average molecular weight is 326 g/mol. The first-order chi connectivity index (χ1) is 10.1. The minimum absolute atomic E-state index is 0.381. The van der Waals surface area contributed by atoms with Crippen molar-refractivity contribution in [3.63, 3.8) is 0 Å². The summed E-state index contributed by atoms with van der Waals surface area (Å²) in [7, 11) is 0. The Balaban J connectivity index is 2.66. The summed E-state index contributed by atoms with van der Waals surface area (Å²) in [5.41, 5.74) is 0. The Bertz CT molecular complexity index is 528. The highest BCUT2D eigenvalue weighted by Gasteiger charge is 2.81. The van der Waals surface area contributed by atoms with E-state index in [9.17, 15) is 29.2 Å². The maximum atomic E-state index is 11.7. The zero-order valence-electron chi connectivity index (χ0n) is 9.97. The van der Waals surface area contributed by atoms with Gasteiger partial charge in [-0.2, -0.15) is 0 Å². The molecule has 0 aromatic carbocycles. The molecule has 22 heavy (non-hydrogen) atoms. The Morgan fingerprint density at radius 1 is 0.591 bits per heavy atom. The molecule has 2 fully saturated rings. The predicted octanol–water partition coefficient (Wildman–Crippen LogP) is -2.55. The highest BCUT2D eigenvalue weighted by Crippen LogP contribution is 2.34. The zero-order chi connectivity index (χ0) is 16.9. The molecule has 2 aliphatic heterocycles. The Hall–Kier alpha value is -3.86. The van der Waals surface area contributed by atoms with E-state index in [0.29, 0.717) is 0 Å². The monoisotopic (exact) mass is 326 g/mol. The molecule has 0 radical (unpaired) electrons. The molecule has 2 saturated heterocycles. The van der Waals surface area contributed by atoms with Gasteiger partial charge >= 0.3 is 32.2 Å². The summed E-state index contributed by atoms with van der Waals surface area (Å²) >= 11 is 0. The quantitative estimate of drug-likeness (QED) is 0.397. The molecule has 0 aliphatic carbocycles. The fraction of sp³-hybridized carbons (Fsp3) is 0.500. The summed E-state index contributed by atoms with van der Waals surface area (Å²) in [6.07, 6.45) is -4.56. The van der Waals surface area contributed by atoms with Crippen LogP contribution in [-0.2, 0) is 0 Å². The summed E-state index contributed by atoms with van der Waals surface area (Å²) in [6, 6.07) is -3.59. The van der Waals surface area contributed by atoms with Crippen molar-refractivity contribution >= 4 is 12.1 Å². The van der Waals surface area contributed by atoms with Gasteiger partial charge in [-0.1, -0.05) is 0 Å². The van der Waals surface area contributed by atoms with Crippen LogP contribution in [0.25, 0.3) is 0 Å². The lowest BCUT2D eigenvalue weighted by Gasteiger charge is -2.06. The molecule has 118 valence electrons. The number of nitrogens with zero attached hydrogens (tertiary/aromatic N) is 8. The number of urea groups is 2. The smallest absolute Gasteiger partial charge is 0.236 e. The van der Waals surface area contributed by atoms with Gasteiger partial charge in [-0.25, -0.2) is 30.4 Å². The first-order valence-electron chi connectivity index (χ1n) is 5.00. The van der Waals surface area contributed by atoms with Crippen molar-refractivity contribution in [2.75, 3.05) is 0 Å². The molecule has 0 saturated carbocycles. The molecule has 0 spiro atoms. The summed E-state index contributed by atoms with van der Waals surface area (Å²) in [5.74, 6) is 0. The van der Waals surface area contributed by atoms with Crippen LogP contribution in [0.2, 0.25) is 0 Å². The minimum atomic E-state index is -2.28. The van der Waals surface area contributed by atoms with E-state index in [0.717, 1.165) is 0 Å². The van der Waals surface area contributed by atoms with Gasteiger partial charge in [0, 0.05) is 20.0 Å². The first kappa shape index (κ1) is 14.5. The van der Waals surface area contributed by atoms with E-state index in [-0.39, 0.29) is 20.0 Å². The van der Waals surface area contributed by atoms with E-state index in [1.807, 2.05) is 0 Å². The zero-order valence-corrected chi connectivity index (χ0v) is 9.97. The van der Waals surface area contributed by atoms with Gasteiger partial charge in [0.15, 0.2) is 0 Å². The van der Waals surface area contributed by atoms with Crippen LogP contribution in [0.3, 0.4) is 0 Å². The Morgan fingerprint density at radius 2 is 0.773 bits per heavy atom. The number of hydrazine groups is 4. The van der Waals surface area contributed by atoms with Crippen molar-refractivity contribution in [2.45, 2.75) is 12.3 Å². The highest BCUT2D eigenvalue weighted by atomic mass is 16.7. The number of hydrogen-bond acceptors (Lipinski definition) is 6. The fourth-order valence-corrected chi connectivity index (χ4v) is 2.07. The van der Waals surface area contributed by atoms with Gasteiger partial charge in [-0.05, 0) is 0 Å². The van der Waals surface area contributed by atoms with E-state index in [4.69, 9.17) is 20.8 Å².